The topological polar surface area (TPSA) is 9.23 Å². The van der Waals surface area contributed by atoms with Gasteiger partial charge in [-0.05, 0) is 22.3 Å². The van der Waals surface area contributed by atoms with Gasteiger partial charge in [-0.15, -0.1) is 6.42 Å². The predicted octanol–water partition coefficient (Wildman–Crippen LogP) is 4.78. The average molecular weight is 363 g/mol. The molecule has 2 aromatic carbocycles. The molecule has 0 radical (unpaired) electrons. The first-order valence-electron chi connectivity index (χ1n) is 9.24. The lowest BCUT2D eigenvalue weighted by atomic mass is 10.1. The van der Waals surface area contributed by atoms with Gasteiger partial charge in [-0.25, -0.2) is 0 Å². The van der Waals surface area contributed by atoms with Crippen LogP contribution in [0.15, 0.2) is 72.8 Å². The van der Waals surface area contributed by atoms with Gasteiger partial charge in [-0.1, -0.05) is 106 Å². The lowest BCUT2D eigenvalue weighted by molar-refractivity contribution is 0.206. The summed E-state index contributed by atoms with van der Waals surface area (Å²) in [7, 11) is -2.60. The Bertz CT molecular complexity index is 711. The lowest BCUT2D eigenvalue weighted by Gasteiger charge is -2.45. The lowest BCUT2D eigenvalue weighted by Crippen LogP contribution is -2.68. The molecule has 0 aliphatic carbocycles. The highest BCUT2D eigenvalue weighted by molar-refractivity contribution is 6.99. The third-order valence-electron chi connectivity index (χ3n) is 4.86. The van der Waals surface area contributed by atoms with E-state index >= 15 is 0 Å². The van der Waals surface area contributed by atoms with Crippen LogP contribution in [0.2, 0.25) is 5.04 Å². The van der Waals surface area contributed by atoms with Gasteiger partial charge in [0.05, 0.1) is 0 Å². The molecule has 1 nitrogen and oxygen atoms in total. The SMILES string of the molecule is C#C[C@H](O[Si](c1ccccc1)(c1ccccc1)C(C)(C)C)[C@H](C)C=CC. The van der Waals surface area contributed by atoms with E-state index in [1.54, 1.807) is 0 Å². The van der Waals surface area contributed by atoms with Crippen LogP contribution in [0, 0.1) is 18.3 Å². The molecule has 2 atom stereocenters. The van der Waals surface area contributed by atoms with E-state index in [0.29, 0.717) is 0 Å². The van der Waals surface area contributed by atoms with E-state index in [2.05, 4.69) is 100 Å². The van der Waals surface area contributed by atoms with Crippen molar-refractivity contribution in [1.29, 1.82) is 0 Å². The van der Waals surface area contributed by atoms with Crippen LogP contribution in [0.5, 0.6) is 0 Å². The van der Waals surface area contributed by atoms with Gasteiger partial charge in [-0.2, -0.15) is 0 Å². The van der Waals surface area contributed by atoms with E-state index in [1.807, 2.05) is 13.0 Å². The zero-order valence-electron chi connectivity index (χ0n) is 16.6. The molecule has 0 aliphatic heterocycles. The summed E-state index contributed by atoms with van der Waals surface area (Å²) in [5, 5.41) is 2.44. The molecule has 26 heavy (non-hydrogen) atoms. The molecule has 0 N–H and O–H groups in total. The summed E-state index contributed by atoms with van der Waals surface area (Å²) < 4.78 is 6.99. The molecule has 0 spiro atoms. The molecule has 0 bridgehead atoms. The summed E-state index contributed by atoms with van der Waals surface area (Å²) in [6, 6.07) is 21.2. The Morgan fingerprint density at radius 3 is 1.77 bits per heavy atom. The Balaban J connectivity index is 2.70. The standard InChI is InChI=1S/C24H30OSi/c1-7-15-20(3)23(8-2)25-26(24(4,5)6,21-16-11-9-12-17-21)22-18-13-10-14-19-22/h2,7,9-20,23H,1,3-6H3/t20-,23+/m1/s1. The fourth-order valence-corrected chi connectivity index (χ4v) is 8.26. The van der Waals surface area contributed by atoms with Crippen molar-refractivity contribution in [2.24, 2.45) is 5.92 Å². The maximum Gasteiger partial charge on any atom is 0.262 e. The molecular formula is C24H30OSi. The van der Waals surface area contributed by atoms with E-state index in [9.17, 15) is 0 Å². The smallest absolute Gasteiger partial charge is 0.262 e. The number of terminal acetylenes is 1. The van der Waals surface area contributed by atoms with Crippen molar-refractivity contribution in [3.05, 3.63) is 72.8 Å². The molecule has 0 saturated heterocycles. The third kappa shape index (κ3) is 4.01. The molecule has 0 saturated carbocycles. The number of allylic oxidation sites excluding steroid dienone is 1. The van der Waals surface area contributed by atoms with Crippen LogP contribution < -0.4 is 10.4 Å². The molecule has 0 fully saturated rings. The van der Waals surface area contributed by atoms with Gasteiger partial charge in [0.25, 0.3) is 8.32 Å². The van der Waals surface area contributed by atoms with Crippen LogP contribution in [0.4, 0.5) is 0 Å². The quantitative estimate of drug-likeness (QED) is 0.408. The van der Waals surface area contributed by atoms with Crippen LogP contribution >= 0.6 is 0 Å². The summed E-state index contributed by atoms with van der Waals surface area (Å²) >= 11 is 0. The third-order valence-corrected chi connectivity index (χ3v) is 9.87. The monoisotopic (exact) mass is 362 g/mol. The molecule has 0 unspecified atom stereocenters. The molecule has 0 aromatic heterocycles. The maximum atomic E-state index is 6.99. The minimum Gasteiger partial charge on any atom is -0.393 e. The number of hydrogen-bond donors (Lipinski definition) is 0. The second-order valence-corrected chi connectivity index (χ2v) is 12.0. The van der Waals surface area contributed by atoms with Crippen LogP contribution in [0.25, 0.3) is 0 Å². The average Bonchev–Trinajstić information content (AvgIpc) is 2.63. The van der Waals surface area contributed by atoms with Crippen molar-refractivity contribution in [3.63, 3.8) is 0 Å². The first-order chi connectivity index (χ1) is 12.4. The highest BCUT2D eigenvalue weighted by atomic mass is 28.4. The first-order valence-corrected chi connectivity index (χ1v) is 11.2. The van der Waals surface area contributed by atoms with Crippen LogP contribution in [-0.4, -0.2) is 14.4 Å². The van der Waals surface area contributed by atoms with Crippen LogP contribution in [0.3, 0.4) is 0 Å². The molecule has 0 aliphatic rings. The number of benzene rings is 2. The molecular weight excluding hydrogens is 332 g/mol. The zero-order valence-corrected chi connectivity index (χ0v) is 17.6. The summed E-state index contributed by atoms with van der Waals surface area (Å²) in [5.41, 5.74) is 0. The van der Waals surface area contributed by atoms with E-state index in [1.165, 1.54) is 10.4 Å². The second-order valence-electron chi connectivity index (χ2n) is 7.75. The van der Waals surface area contributed by atoms with E-state index in [4.69, 9.17) is 10.8 Å². The summed E-state index contributed by atoms with van der Waals surface area (Å²) in [4.78, 5) is 0. The molecule has 2 rings (SSSR count). The number of rotatable bonds is 6. The minimum atomic E-state index is -2.60. The summed E-state index contributed by atoms with van der Waals surface area (Å²) in [6.45, 7) is 11.0. The van der Waals surface area contributed by atoms with E-state index in [-0.39, 0.29) is 17.1 Å². The maximum absolute atomic E-state index is 6.99. The highest BCUT2D eigenvalue weighted by Gasteiger charge is 2.51. The predicted molar refractivity (Wildman–Crippen MR) is 115 cm³/mol. The Morgan fingerprint density at radius 2 is 1.42 bits per heavy atom. The van der Waals surface area contributed by atoms with Gasteiger partial charge in [0.15, 0.2) is 0 Å². The summed E-state index contributed by atoms with van der Waals surface area (Å²) in [6.07, 6.45) is 9.83. The van der Waals surface area contributed by atoms with Crippen molar-refractivity contribution < 1.29 is 4.43 Å². The van der Waals surface area contributed by atoms with Gasteiger partial charge >= 0.3 is 0 Å². The molecule has 2 aromatic rings. The molecule has 0 heterocycles. The fourth-order valence-electron chi connectivity index (χ4n) is 3.58. The normalized spacial score (nSPS) is 14.8. The van der Waals surface area contributed by atoms with E-state index < -0.39 is 8.32 Å². The Kier molecular flexibility index (Phi) is 6.64. The van der Waals surface area contributed by atoms with Gasteiger partial charge in [-0.3, -0.25) is 0 Å². The van der Waals surface area contributed by atoms with Crippen molar-refractivity contribution >= 4 is 18.7 Å². The van der Waals surface area contributed by atoms with Crippen molar-refractivity contribution in [3.8, 4) is 12.3 Å². The Labute approximate surface area is 160 Å². The van der Waals surface area contributed by atoms with Gasteiger partial charge in [0.2, 0.25) is 0 Å². The molecule has 0 amide bonds. The number of hydrogen-bond acceptors (Lipinski definition) is 1. The molecule has 2 heteroatoms. The van der Waals surface area contributed by atoms with Crippen LogP contribution in [-0.2, 0) is 4.43 Å². The second kappa shape index (κ2) is 8.53. The zero-order chi connectivity index (χ0) is 19.2. The van der Waals surface area contributed by atoms with Gasteiger partial charge < -0.3 is 4.43 Å². The first kappa shape index (κ1) is 20.2. The fraction of sp³-hybridized carbons (Fsp3) is 0.333. The van der Waals surface area contributed by atoms with Crippen molar-refractivity contribution in [1.82, 2.24) is 0 Å². The highest BCUT2D eigenvalue weighted by Crippen LogP contribution is 2.38. The molecule has 136 valence electrons. The Morgan fingerprint density at radius 1 is 0.962 bits per heavy atom. The van der Waals surface area contributed by atoms with Gasteiger partial charge in [0.1, 0.15) is 6.10 Å². The van der Waals surface area contributed by atoms with Crippen molar-refractivity contribution in [2.45, 2.75) is 45.8 Å². The minimum absolute atomic E-state index is 0.0690. The van der Waals surface area contributed by atoms with E-state index in [0.717, 1.165) is 0 Å². The largest absolute Gasteiger partial charge is 0.393 e. The summed E-state index contributed by atoms with van der Waals surface area (Å²) in [5.74, 6) is 3.07. The van der Waals surface area contributed by atoms with Crippen molar-refractivity contribution in [2.75, 3.05) is 0 Å². The van der Waals surface area contributed by atoms with Crippen LogP contribution in [0.1, 0.15) is 34.6 Å². The Hall–Kier alpha value is -2.08. The van der Waals surface area contributed by atoms with Gasteiger partial charge in [0, 0.05) is 5.92 Å².